The fraction of sp³-hybridized carbons (Fsp3) is 0.222. The molecule has 6 heteroatoms. The fourth-order valence-corrected chi connectivity index (χ4v) is 2.20. The van der Waals surface area contributed by atoms with Crippen molar-refractivity contribution in [1.29, 1.82) is 0 Å². The summed E-state index contributed by atoms with van der Waals surface area (Å²) < 4.78 is 15.8. The molecule has 0 unspecified atom stereocenters. The summed E-state index contributed by atoms with van der Waals surface area (Å²) in [7, 11) is 4.64. The van der Waals surface area contributed by atoms with Crippen molar-refractivity contribution in [3.05, 3.63) is 53.1 Å². The van der Waals surface area contributed by atoms with Gasteiger partial charge in [0.05, 0.1) is 33.1 Å². The number of ether oxygens (including phenoxy) is 3. The van der Waals surface area contributed by atoms with Crippen molar-refractivity contribution in [1.82, 2.24) is 5.43 Å². The summed E-state index contributed by atoms with van der Waals surface area (Å²) in [5.41, 5.74) is 4.56. The molecule has 2 aromatic rings. The molecule has 0 fully saturated rings. The summed E-state index contributed by atoms with van der Waals surface area (Å²) in [5, 5.41) is 4.01. The molecule has 1 N–H and O–H groups in total. The van der Waals surface area contributed by atoms with E-state index in [4.69, 9.17) is 14.2 Å². The van der Waals surface area contributed by atoms with Crippen LogP contribution in [0.2, 0.25) is 0 Å². The predicted octanol–water partition coefficient (Wildman–Crippen LogP) is 2.78. The zero-order valence-electron chi connectivity index (χ0n) is 14.1. The number of nitrogens with one attached hydrogen (secondary N) is 1. The molecular weight excluding hydrogens is 308 g/mol. The normalized spacial score (nSPS) is 10.5. The molecule has 0 heterocycles. The summed E-state index contributed by atoms with van der Waals surface area (Å²) in [4.78, 5) is 12.2. The molecule has 0 aliphatic heterocycles. The summed E-state index contributed by atoms with van der Waals surface area (Å²) in [6.45, 7) is 1.87. The summed E-state index contributed by atoms with van der Waals surface area (Å²) in [6.07, 6.45) is 1.48. The van der Waals surface area contributed by atoms with E-state index in [1.807, 2.05) is 19.1 Å². The molecule has 0 aromatic heterocycles. The standard InChI is InChI=1S/C18H20N2O4/c1-12-7-5-6-8-14(12)18(21)20-19-11-15-16(23-3)9-13(22-2)10-17(15)24-4/h5-11H,1-4H3,(H,20,21)/b19-11+. The minimum Gasteiger partial charge on any atom is -0.496 e. The Morgan fingerprint density at radius 2 is 1.67 bits per heavy atom. The van der Waals surface area contributed by atoms with Gasteiger partial charge in [0.2, 0.25) is 0 Å². The van der Waals surface area contributed by atoms with Gasteiger partial charge in [-0.1, -0.05) is 18.2 Å². The van der Waals surface area contributed by atoms with Crippen molar-refractivity contribution in [2.24, 2.45) is 5.10 Å². The van der Waals surface area contributed by atoms with E-state index in [-0.39, 0.29) is 5.91 Å². The van der Waals surface area contributed by atoms with E-state index in [0.717, 1.165) is 5.56 Å². The lowest BCUT2D eigenvalue weighted by Gasteiger charge is -2.12. The molecule has 0 bridgehead atoms. The highest BCUT2D eigenvalue weighted by Gasteiger charge is 2.12. The maximum absolute atomic E-state index is 12.2. The summed E-state index contributed by atoms with van der Waals surface area (Å²) in [5.74, 6) is 1.38. The second kappa shape index (κ2) is 8.01. The minimum absolute atomic E-state index is 0.282. The van der Waals surface area contributed by atoms with Crippen LogP contribution in [0.25, 0.3) is 0 Å². The van der Waals surface area contributed by atoms with E-state index < -0.39 is 0 Å². The van der Waals surface area contributed by atoms with Gasteiger partial charge in [-0.15, -0.1) is 0 Å². The average Bonchev–Trinajstić information content (AvgIpc) is 2.61. The van der Waals surface area contributed by atoms with E-state index >= 15 is 0 Å². The number of aryl methyl sites for hydroxylation is 1. The van der Waals surface area contributed by atoms with Gasteiger partial charge in [0.15, 0.2) is 0 Å². The van der Waals surface area contributed by atoms with Crippen molar-refractivity contribution < 1.29 is 19.0 Å². The van der Waals surface area contributed by atoms with Crippen LogP contribution in [0.1, 0.15) is 21.5 Å². The van der Waals surface area contributed by atoms with Gasteiger partial charge in [0, 0.05) is 17.7 Å². The molecule has 0 saturated heterocycles. The topological polar surface area (TPSA) is 69.2 Å². The number of benzene rings is 2. The highest BCUT2D eigenvalue weighted by atomic mass is 16.5. The lowest BCUT2D eigenvalue weighted by molar-refractivity contribution is 0.0954. The zero-order valence-corrected chi connectivity index (χ0v) is 14.1. The number of rotatable bonds is 6. The van der Waals surface area contributed by atoms with Crippen molar-refractivity contribution in [2.75, 3.05) is 21.3 Å². The van der Waals surface area contributed by atoms with Crippen LogP contribution in [0.15, 0.2) is 41.5 Å². The molecule has 0 radical (unpaired) electrons. The molecule has 24 heavy (non-hydrogen) atoms. The molecule has 0 saturated carbocycles. The Labute approximate surface area is 141 Å². The van der Waals surface area contributed by atoms with Gasteiger partial charge >= 0.3 is 0 Å². The SMILES string of the molecule is COc1cc(OC)c(/C=N/NC(=O)c2ccccc2C)c(OC)c1. The van der Waals surface area contributed by atoms with Gasteiger partial charge in [-0.25, -0.2) is 5.43 Å². The van der Waals surface area contributed by atoms with Gasteiger partial charge in [-0.05, 0) is 18.6 Å². The van der Waals surface area contributed by atoms with Crippen LogP contribution >= 0.6 is 0 Å². The van der Waals surface area contributed by atoms with Crippen LogP contribution < -0.4 is 19.6 Å². The lowest BCUT2D eigenvalue weighted by atomic mass is 10.1. The van der Waals surface area contributed by atoms with Gasteiger partial charge in [-0.2, -0.15) is 5.10 Å². The molecule has 2 aromatic carbocycles. The Bertz CT molecular complexity index is 731. The first kappa shape index (κ1) is 17.3. The number of amides is 1. The molecule has 6 nitrogen and oxygen atoms in total. The number of carbonyl (C=O) groups excluding carboxylic acids is 1. The van der Waals surface area contributed by atoms with Crippen LogP contribution in [-0.2, 0) is 0 Å². The van der Waals surface area contributed by atoms with Gasteiger partial charge in [0.1, 0.15) is 17.2 Å². The fourth-order valence-electron chi connectivity index (χ4n) is 2.20. The predicted molar refractivity (Wildman–Crippen MR) is 92.3 cm³/mol. The monoisotopic (exact) mass is 328 g/mol. The Morgan fingerprint density at radius 3 is 2.21 bits per heavy atom. The minimum atomic E-state index is -0.282. The molecule has 0 spiro atoms. The van der Waals surface area contributed by atoms with Crippen molar-refractivity contribution in [2.45, 2.75) is 6.92 Å². The van der Waals surface area contributed by atoms with E-state index in [2.05, 4.69) is 10.5 Å². The van der Waals surface area contributed by atoms with Crippen LogP contribution in [0.3, 0.4) is 0 Å². The molecular formula is C18H20N2O4. The molecule has 0 aliphatic rings. The van der Waals surface area contributed by atoms with Gasteiger partial charge in [0.25, 0.3) is 5.91 Å². The second-order valence-electron chi connectivity index (χ2n) is 4.96. The Hall–Kier alpha value is -3.02. The first-order chi connectivity index (χ1) is 11.6. The van der Waals surface area contributed by atoms with Gasteiger partial charge in [-0.3, -0.25) is 4.79 Å². The first-order valence-electron chi connectivity index (χ1n) is 7.29. The second-order valence-corrected chi connectivity index (χ2v) is 4.96. The number of methoxy groups -OCH3 is 3. The van der Waals surface area contributed by atoms with Crippen LogP contribution in [-0.4, -0.2) is 33.5 Å². The highest BCUT2D eigenvalue weighted by molar-refractivity contribution is 5.96. The number of hydrogen-bond donors (Lipinski definition) is 1. The Morgan fingerprint density at radius 1 is 1.04 bits per heavy atom. The molecule has 126 valence electrons. The van der Waals surface area contributed by atoms with Crippen LogP contribution in [0.5, 0.6) is 17.2 Å². The van der Waals surface area contributed by atoms with E-state index in [0.29, 0.717) is 28.4 Å². The summed E-state index contributed by atoms with van der Waals surface area (Å²) >= 11 is 0. The number of hydrazone groups is 1. The Kier molecular flexibility index (Phi) is 5.78. The van der Waals surface area contributed by atoms with Gasteiger partial charge < -0.3 is 14.2 Å². The smallest absolute Gasteiger partial charge is 0.271 e. The molecule has 0 atom stereocenters. The van der Waals surface area contributed by atoms with Crippen LogP contribution in [0.4, 0.5) is 0 Å². The van der Waals surface area contributed by atoms with Crippen molar-refractivity contribution in [3.8, 4) is 17.2 Å². The summed E-state index contributed by atoms with van der Waals surface area (Å²) in [6, 6.07) is 10.7. The maximum atomic E-state index is 12.2. The largest absolute Gasteiger partial charge is 0.496 e. The zero-order chi connectivity index (χ0) is 17.5. The average molecular weight is 328 g/mol. The third kappa shape index (κ3) is 3.84. The highest BCUT2D eigenvalue weighted by Crippen LogP contribution is 2.32. The molecule has 2 rings (SSSR count). The number of carbonyl (C=O) groups is 1. The maximum Gasteiger partial charge on any atom is 0.271 e. The van der Waals surface area contributed by atoms with Crippen LogP contribution in [0, 0.1) is 6.92 Å². The van der Waals surface area contributed by atoms with E-state index in [1.54, 1.807) is 31.4 Å². The van der Waals surface area contributed by atoms with Crippen molar-refractivity contribution >= 4 is 12.1 Å². The number of nitrogens with zero attached hydrogens (tertiary/aromatic N) is 1. The quantitative estimate of drug-likeness (QED) is 0.654. The van der Waals surface area contributed by atoms with Crippen molar-refractivity contribution in [3.63, 3.8) is 0 Å². The molecule has 1 amide bonds. The third-order valence-corrected chi connectivity index (χ3v) is 3.50. The Balaban J connectivity index is 2.23. The third-order valence-electron chi connectivity index (χ3n) is 3.50. The lowest BCUT2D eigenvalue weighted by Crippen LogP contribution is -2.18. The number of hydrogen-bond acceptors (Lipinski definition) is 5. The first-order valence-corrected chi connectivity index (χ1v) is 7.29. The molecule has 0 aliphatic carbocycles. The van der Waals surface area contributed by atoms with E-state index in [9.17, 15) is 4.79 Å². The van der Waals surface area contributed by atoms with E-state index in [1.165, 1.54) is 20.4 Å².